The standard InChI is InChI=1S/C10H19NO/c1-3-11-9(2)4-5-10-6-7-12-8-10/h4-5,9-11H,3,6-8H2,1-2H3/b5-4+. The average Bonchev–Trinajstić information content (AvgIpc) is 2.53. The normalized spacial score (nSPS) is 26.7. The van der Waals surface area contributed by atoms with Gasteiger partial charge in [0.25, 0.3) is 0 Å². The highest BCUT2D eigenvalue weighted by Gasteiger charge is 2.11. The predicted octanol–water partition coefficient (Wildman–Crippen LogP) is 1.58. The quantitative estimate of drug-likeness (QED) is 0.645. The molecule has 2 heteroatoms. The first-order valence-electron chi connectivity index (χ1n) is 4.82. The molecule has 1 heterocycles. The molecule has 0 radical (unpaired) electrons. The van der Waals surface area contributed by atoms with E-state index in [0.29, 0.717) is 12.0 Å². The second kappa shape index (κ2) is 5.33. The summed E-state index contributed by atoms with van der Waals surface area (Å²) in [5, 5.41) is 3.34. The Bertz CT molecular complexity index is 139. The Balaban J connectivity index is 2.18. The molecular formula is C10H19NO. The number of likely N-dealkylation sites (N-methyl/N-ethyl adjacent to an activating group) is 1. The van der Waals surface area contributed by atoms with E-state index in [1.807, 2.05) is 0 Å². The third-order valence-electron chi connectivity index (χ3n) is 2.16. The summed E-state index contributed by atoms with van der Waals surface area (Å²) in [7, 11) is 0. The van der Waals surface area contributed by atoms with E-state index in [-0.39, 0.29) is 0 Å². The van der Waals surface area contributed by atoms with E-state index in [9.17, 15) is 0 Å². The van der Waals surface area contributed by atoms with Gasteiger partial charge in [-0.2, -0.15) is 0 Å². The van der Waals surface area contributed by atoms with Gasteiger partial charge in [-0.15, -0.1) is 0 Å². The SMILES string of the molecule is CCNC(C)/C=C/C1CCOC1. The van der Waals surface area contributed by atoms with Crippen LogP contribution in [0.4, 0.5) is 0 Å². The summed E-state index contributed by atoms with van der Waals surface area (Å²) in [5.41, 5.74) is 0. The van der Waals surface area contributed by atoms with Crippen molar-refractivity contribution in [1.82, 2.24) is 5.32 Å². The van der Waals surface area contributed by atoms with Gasteiger partial charge >= 0.3 is 0 Å². The molecule has 2 nitrogen and oxygen atoms in total. The Morgan fingerprint density at radius 1 is 1.67 bits per heavy atom. The molecule has 1 aliphatic rings. The largest absolute Gasteiger partial charge is 0.381 e. The molecular weight excluding hydrogens is 150 g/mol. The van der Waals surface area contributed by atoms with E-state index in [1.54, 1.807) is 0 Å². The highest BCUT2D eigenvalue weighted by molar-refractivity contribution is 4.95. The maximum absolute atomic E-state index is 5.28. The summed E-state index contributed by atoms with van der Waals surface area (Å²) in [4.78, 5) is 0. The Morgan fingerprint density at radius 2 is 2.50 bits per heavy atom. The van der Waals surface area contributed by atoms with Gasteiger partial charge in [0.1, 0.15) is 0 Å². The first-order chi connectivity index (χ1) is 5.83. The summed E-state index contributed by atoms with van der Waals surface area (Å²) < 4.78 is 5.28. The molecule has 1 rings (SSSR count). The zero-order chi connectivity index (χ0) is 8.81. The lowest BCUT2D eigenvalue weighted by atomic mass is 10.1. The molecule has 0 aliphatic carbocycles. The lowest BCUT2D eigenvalue weighted by Gasteiger charge is -2.07. The fraction of sp³-hybridized carbons (Fsp3) is 0.800. The minimum Gasteiger partial charge on any atom is -0.381 e. The molecule has 0 aromatic heterocycles. The fourth-order valence-electron chi connectivity index (χ4n) is 1.42. The first-order valence-corrected chi connectivity index (χ1v) is 4.82. The van der Waals surface area contributed by atoms with Crippen molar-refractivity contribution in [2.24, 2.45) is 5.92 Å². The summed E-state index contributed by atoms with van der Waals surface area (Å²) in [6.07, 6.45) is 5.71. The van der Waals surface area contributed by atoms with Gasteiger partial charge in [-0.05, 0) is 19.9 Å². The van der Waals surface area contributed by atoms with Crippen LogP contribution in [0.5, 0.6) is 0 Å². The van der Waals surface area contributed by atoms with Crippen LogP contribution in [-0.2, 0) is 4.74 Å². The molecule has 1 saturated heterocycles. The van der Waals surface area contributed by atoms with Gasteiger partial charge in [0, 0.05) is 18.6 Å². The van der Waals surface area contributed by atoms with Crippen LogP contribution in [0.1, 0.15) is 20.3 Å². The Morgan fingerprint density at radius 3 is 3.08 bits per heavy atom. The Hall–Kier alpha value is -0.340. The molecule has 0 saturated carbocycles. The topological polar surface area (TPSA) is 21.3 Å². The predicted molar refractivity (Wildman–Crippen MR) is 51.2 cm³/mol. The maximum atomic E-state index is 5.28. The highest BCUT2D eigenvalue weighted by atomic mass is 16.5. The molecule has 0 aromatic carbocycles. The van der Waals surface area contributed by atoms with Crippen LogP contribution in [0.15, 0.2) is 12.2 Å². The van der Waals surface area contributed by atoms with E-state index < -0.39 is 0 Å². The minimum atomic E-state index is 0.496. The van der Waals surface area contributed by atoms with Crippen LogP contribution in [-0.4, -0.2) is 25.8 Å². The second-order valence-corrected chi connectivity index (χ2v) is 3.35. The van der Waals surface area contributed by atoms with Crippen LogP contribution in [0.2, 0.25) is 0 Å². The van der Waals surface area contributed by atoms with Gasteiger partial charge in [-0.3, -0.25) is 0 Å². The molecule has 1 N–H and O–H groups in total. The smallest absolute Gasteiger partial charge is 0.0529 e. The minimum absolute atomic E-state index is 0.496. The summed E-state index contributed by atoms with van der Waals surface area (Å²) in [5.74, 6) is 0.658. The van der Waals surface area contributed by atoms with Crippen molar-refractivity contribution in [2.45, 2.75) is 26.3 Å². The van der Waals surface area contributed by atoms with Crippen molar-refractivity contribution in [2.75, 3.05) is 19.8 Å². The molecule has 2 atom stereocenters. The maximum Gasteiger partial charge on any atom is 0.0529 e. The molecule has 0 bridgehead atoms. The molecule has 12 heavy (non-hydrogen) atoms. The fourth-order valence-corrected chi connectivity index (χ4v) is 1.42. The van der Waals surface area contributed by atoms with Gasteiger partial charge in [0.2, 0.25) is 0 Å². The van der Waals surface area contributed by atoms with E-state index >= 15 is 0 Å². The first kappa shape index (κ1) is 9.75. The molecule has 0 spiro atoms. The van der Waals surface area contributed by atoms with Crippen LogP contribution in [0, 0.1) is 5.92 Å². The Kier molecular flexibility index (Phi) is 4.33. The molecule has 2 unspecified atom stereocenters. The third-order valence-corrected chi connectivity index (χ3v) is 2.16. The molecule has 0 amide bonds. The van der Waals surface area contributed by atoms with Gasteiger partial charge in [-0.1, -0.05) is 19.1 Å². The molecule has 70 valence electrons. The van der Waals surface area contributed by atoms with Crippen molar-refractivity contribution in [1.29, 1.82) is 0 Å². The Labute approximate surface area is 75.0 Å². The van der Waals surface area contributed by atoms with E-state index in [2.05, 4.69) is 31.3 Å². The number of hydrogen-bond acceptors (Lipinski definition) is 2. The number of nitrogens with one attached hydrogen (secondary N) is 1. The number of ether oxygens (including phenoxy) is 1. The van der Waals surface area contributed by atoms with Crippen molar-refractivity contribution in [3.63, 3.8) is 0 Å². The van der Waals surface area contributed by atoms with Crippen molar-refractivity contribution in [3.05, 3.63) is 12.2 Å². The third kappa shape index (κ3) is 3.37. The van der Waals surface area contributed by atoms with Gasteiger partial charge in [0.05, 0.1) is 6.61 Å². The van der Waals surface area contributed by atoms with Gasteiger partial charge in [0.15, 0.2) is 0 Å². The van der Waals surface area contributed by atoms with Crippen LogP contribution >= 0.6 is 0 Å². The molecule has 1 fully saturated rings. The van der Waals surface area contributed by atoms with Crippen molar-refractivity contribution >= 4 is 0 Å². The summed E-state index contributed by atoms with van der Waals surface area (Å²) in [6.45, 7) is 7.19. The number of hydrogen-bond donors (Lipinski definition) is 1. The van der Waals surface area contributed by atoms with Crippen LogP contribution < -0.4 is 5.32 Å². The monoisotopic (exact) mass is 169 g/mol. The van der Waals surface area contributed by atoms with Crippen LogP contribution in [0.25, 0.3) is 0 Å². The van der Waals surface area contributed by atoms with E-state index in [1.165, 1.54) is 6.42 Å². The highest BCUT2D eigenvalue weighted by Crippen LogP contribution is 2.13. The average molecular weight is 169 g/mol. The van der Waals surface area contributed by atoms with E-state index in [4.69, 9.17) is 4.74 Å². The zero-order valence-electron chi connectivity index (χ0n) is 8.05. The summed E-state index contributed by atoms with van der Waals surface area (Å²) in [6, 6.07) is 0.496. The molecule has 0 aromatic rings. The van der Waals surface area contributed by atoms with Crippen molar-refractivity contribution in [3.8, 4) is 0 Å². The second-order valence-electron chi connectivity index (χ2n) is 3.35. The zero-order valence-corrected chi connectivity index (χ0v) is 8.05. The van der Waals surface area contributed by atoms with Gasteiger partial charge in [-0.25, -0.2) is 0 Å². The molecule has 1 aliphatic heterocycles. The summed E-state index contributed by atoms with van der Waals surface area (Å²) >= 11 is 0. The number of rotatable bonds is 4. The lowest BCUT2D eigenvalue weighted by Crippen LogP contribution is -2.23. The lowest BCUT2D eigenvalue weighted by molar-refractivity contribution is 0.191. The van der Waals surface area contributed by atoms with Gasteiger partial charge < -0.3 is 10.1 Å². The van der Waals surface area contributed by atoms with Crippen molar-refractivity contribution < 1.29 is 4.74 Å². The van der Waals surface area contributed by atoms with Crippen LogP contribution in [0.3, 0.4) is 0 Å². The van der Waals surface area contributed by atoms with E-state index in [0.717, 1.165) is 19.8 Å².